The first kappa shape index (κ1) is 25.2. The van der Waals surface area contributed by atoms with Crippen molar-refractivity contribution in [3.05, 3.63) is 58.1 Å². The van der Waals surface area contributed by atoms with E-state index in [4.69, 9.17) is 16.3 Å². The zero-order valence-electron chi connectivity index (χ0n) is 18.3. The van der Waals surface area contributed by atoms with E-state index in [1.54, 1.807) is 6.92 Å². The number of likely N-dealkylation sites (tertiary alicyclic amines) is 1. The molecule has 2 fully saturated rings. The third-order valence-corrected chi connectivity index (χ3v) is 6.30. The molecule has 1 aromatic carbocycles. The van der Waals surface area contributed by atoms with Crippen LogP contribution in [0, 0.1) is 23.5 Å². The first-order valence-corrected chi connectivity index (χ1v) is 11.1. The quantitative estimate of drug-likeness (QED) is 0.481. The van der Waals surface area contributed by atoms with Gasteiger partial charge >= 0.3 is 6.18 Å². The van der Waals surface area contributed by atoms with E-state index < -0.39 is 58.2 Å². The normalized spacial score (nSPS) is 21.5. The first-order valence-electron chi connectivity index (χ1n) is 10.7. The molecule has 0 bridgehead atoms. The van der Waals surface area contributed by atoms with Crippen LogP contribution >= 0.6 is 11.6 Å². The molecule has 4 rings (SSSR count). The van der Waals surface area contributed by atoms with Gasteiger partial charge in [0, 0.05) is 24.2 Å². The maximum absolute atomic E-state index is 14.6. The SMILES string of the molecule is C[C@@H]1C[C@H](C(=O)N[C@@H](c2cc(F)c(Cl)cc2F)C2COC2)N(C(=O)c2ccnc(C(F)(F)F)n2)C1. The first-order chi connectivity index (χ1) is 16.5. The molecule has 3 heterocycles. The van der Waals surface area contributed by atoms with Crippen molar-refractivity contribution >= 4 is 23.4 Å². The van der Waals surface area contributed by atoms with Crippen LogP contribution in [0.4, 0.5) is 22.0 Å². The summed E-state index contributed by atoms with van der Waals surface area (Å²) in [6, 6.07) is 0.736. The molecule has 35 heavy (non-hydrogen) atoms. The van der Waals surface area contributed by atoms with E-state index in [2.05, 4.69) is 15.3 Å². The van der Waals surface area contributed by atoms with Gasteiger partial charge in [0.15, 0.2) is 0 Å². The molecule has 0 unspecified atom stereocenters. The highest BCUT2D eigenvalue weighted by molar-refractivity contribution is 6.30. The van der Waals surface area contributed by atoms with Crippen LogP contribution in [0.3, 0.4) is 0 Å². The molecule has 13 heteroatoms. The molecule has 2 aliphatic heterocycles. The van der Waals surface area contributed by atoms with Crippen molar-refractivity contribution in [2.75, 3.05) is 19.8 Å². The summed E-state index contributed by atoms with van der Waals surface area (Å²) in [6.45, 7) is 2.27. The van der Waals surface area contributed by atoms with E-state index in [1.807, 2.05) is 0 Å². The standard InChI is InChI=1S/C22H20ClF5N4O3/c1-10-4-17(32(7-10)20(34)16-2-3-29-21(30-16)22(26,27)28)19(33)31-18(11-8-35-9-11)12-5-15(25)13(23)6-14(12)24/h2-3,5-6,10-11,17-18H,4,7-9H2,1H3,(H,31,33)/t10-,17-,18-/m1/s1. The maximum atomic E-state index is 14.6. The van der Waals surface area contributed by atoms with Crippen LogP contribution in [0.25, 0.3) is 0 Å². The molecule has 0 aliphatic carbocycles. The molecular formula is C22H20ClF5N4O3. The minimum absolute atomic E-state index is 0.101. The van der Waals surface area contributed by atoms with Crippen LogP contribution in [0.1, 0.15) is 41.3 Å². The number of alkyl halides is 3. The molecule has 0 spiro atoms. The number of carbonyl (C=O) groups is 2. The van der Waals surface area contributed by atoms with Crippen LogP contribution in [-0.2, 0) is 15.7 Å². The predicted molar refractivity (Wildman–Crippen MR) is 112 cm³/mol. The monoisotopic (exact) mass is 518 g/mol. The number of hydrogen-bond donors (Lipinski definition) is 1. The zero-order chi connectivity index (χ0) is 25.5. The van der Waals surface area contributed by atoms with Crippen LogP contribution < -0.4 is 5.32 Å². The Bertz CT molecular complexity index is 1140. The molecule has 2 saturated heterocycles. The lowest BCUT2D eigenvalue weighted by molar-refractivity contribution is -0.145. The summed E-state index contributed by atoms with van der Waals surface area (Å²) in [6.07, 6.45) is -3.80. The number of rotatable bonds is 5. The fraction of sp³-hybridized carbons (Fsp3) is 0.455. The largest absolute Gasteiger partial charge is 0.451 e. The summed E-state index contributed by atoms with van der Waals surface area (Å²) in [4.78, 5) is 33.9. The Morgan fingerprint density at radius 3 is 2.57 bits per heavy atom. The number of benzene rings is 1. The second-order valence-electron chi connectivity index (χ2n) is 8.65. The average Bonchev–Trinajstić information content (AvgIpc) is 3.15. The van der Waals surface area contributed by atoms with E-state index in [-0.39, 0.29) is 43.6 Å². The van der Waals surface area contributed by atoms with Crippen molar-refractivity contribution in [2.45, 2.75) is 31.6 Å². The van der Waals surface area contributed by atoms with Crippen LogP contribution in [-0.4, -0.2) is 52.5 Å². The van der Waals surface area contributed by atoms with Gasteiger partial charge in [-0.15, -0.1) is 0 Å². The smallest absolute Gasteiger partial charge is 0.381 e. The summed E-state index contributed by atoms with van der Waals surface area (Å²) in [5.41, 5.74) is -0.628. The summed E-state index contributed by atoms with van der Waals surface area (Å²) in [5, 5.41) is 2.27. The summed E-state index contributed by atoms with van der Waals surface area (Å²) >= 11 is 5.64. The highest BCUT2D eigenvalue weighted by atomic mass is 35.5. The van der Waals surface area contributed by atoms with Crippen molar-refractivity contribution in [1.82, 2.24) is 20.2 Å². The Morgan fingerprint density at radius 1 is 1.23 bits per heavy atom. The summed E-state index contributed by atoms with van der Waals surface area (Å²) in [7, 11) is 0. The molecule has 2 aliphatic rings. The number of ether oxygens (including phenoxy) is 1. The van der Waals surface area contributed by atoms with Gasteiger partial charge < -0.3 is 15.0 Å². The molecule has 188 valence electrons. The van der Waals surface area contributed by atoms with Gasteiger partial charge in [0.05, 0.1) is 24.3 Å². The van der Waals surface area contributed by atoms with Crippen LogP contribution in [0.2, 0.25) is 5.02 Å². The number of carbonyl (C=O) groups excluding carboxylic acids is 2. The van der Waals surface area contributed by atoms with E-state index in [1.165, 1.54) is 0 Å². The Hall–Kier alpha value is -2.86. The van der Waals surface area contributed by atoms with Crippen molar-refractivity contribution in [2.24, 2.45) is 11.8 Å². The van der Waals surface area contributed by atoms with E-state index >= 15 is 0 Å². The van der Waals surface area contributed by atoms with Crippen LogP contribution in [0.15, 0.2) is 24.4 Å². The summed E-state index contributed by atoms with van der Waals surface area (Å²) < 4.78 is 72.8. The minimum atomic E-state index is -4.85. The topological polar surface area (TPSA) is 84.4 Å². The molecule has 1 N–H and O–H groups in total. The lowest BCUT2D eigenvalue weighted by Gasteiger charge is -2.36. The van der Waals surface area contributed by atoms with Crippen molar-refractivity contribution in [1.29, 1.82) is 0 Å². The minimum Gasteiger partial charge on any atom is -0.381 e. The molecule has 0 saturated carbocycles. The molecule has 2 aromatic rings. The van der Waals surface area contributed by atoms with E-state index in [0.717, 1.165) is 29.3 Å². The lowest BCUT2D eigenvalue weighted by atomic mass is 9.90. The Labute approximate surface area is 201 Å². The van der Waals surface area contributed by atoms with Gasteiger partial charge in [-0.3, -0.25) is 9.59 Å². The number of nitrogens with zero attached hydrogens (tertiary/aromatic N) is 3. The van der Waals surface area contributed by atoms with Gasteiger partial charge in [0.2, 0.25) is 11.7 Å². The van der Waals surface area contributed by atoms with Gasteiger partial charge in [0.1, 0.15) is 23.4 Å². The molecule has 3 atom stereocenters. The molecule has 0 radical (unpaired) electrons. The maximum Gasteiger partial charge on any atom is 0.451 e. The Balaban J connectivity index is 1.59. The fourth-order valence-corrected chi connectivity index (χ4v) is 4.35. The third kappa shape index (κ3) is 5.22. The number of nitrogens with one attached hydrogen (secondary N) is 1. The number of amides is 2. The molecular weight excluding hydrogens is 499 g/mol. The number of aromatic nitrogens is 2. The Morgan fingerprint density at radius 2 is 1.94 bits per heavy atom. The van der Waals surface area contributed by atoms with Gasteiger partial charge in [-0.05, 0) is 30.5 Å². The zero-order valence-corrected chi connectivity index (χ0v) is 19.0. The van der Waals surface area contributed by atoms with Gasteiger partial charge in [0.25, 0.3) is 5.91 Å². The van der Waals surface area contributed by atoms with Crippen molar-refractivity contribution < 1.29 is 36.3 Å². The Kier molecular flexibility index (Phi) is 6.96. The van der Waals surface area contributed by atoms with Gasteiger partial charge in [-0.25, -0.2) is 18.7 Å². The molecule has 2 amide bonds. The van der Waals surface area contributed by atoms with E-state index in [0.29, 0.717) is 0 Å². The fourth-order valence-electron chi connectivity index (χ4n) is 4.20. The summed E-state index contributed by atoms with van der Waals surface area (Å²) in [5.74, 6) is -5.17. The highest BCUT2D eigenvalue weighted by Crippen LogP contribution is 2.34. The average molecular weight is 519 g/mol. The predicted octanol–water partition coefficient (Wildman–Crippen LogP) is 3.78. The van der Waals surface area contributed by atoms with Crippen LogP contribution in [0.5, 0.6) is 0 Å². The molecule has 7 nitrogen and oxygen atoms in total. The van der Waals surface area contributed by atoms with E-state index in [9.17, 15) is 31.5 Å². The third-order valence-electron chi connectivity index (χ3n) is 6.01. The second kappa shape index (κ2) is 9.65. The highest BCUT2D eigenvalue weighted by Gasteiger charge is 2.42. The molecule has 1 aromatic heterocycles. The number of hydrogen-bond acceptors (Lipinski definition) is 5. The lowest BCUT2D eigenvalue weighted by Crippen LogP contribution is -2.50. The second-order valence-corrected chi connectivity index (χ2v) is 9.06. The van der Waals surface area contributed by atoms with Crippen molar-refractivity contribution in [3.8, 4) is 0 Å². The number of halogens is 6. The van der Waals surface area contributed by atoms with Gasteiger partial charge in [-0.1, -0.05) is 18.5 Å². The van der Waals surface area contributed by atoms with Gasteiger partial charge in [-0.2, -0.15) is 13.2 Å². The van der Waals surface area contributed by atoms with Crippen molar-refractivity contribution in [3.63, 3.8) is 0 Å².